The van der Waals surface area contributed by atoms with Crippen molar-refractivity contribution in [3.8, 4) is 0 Å². The smallest absolute Gasteiger partial charge is 0.341 e. The van der Waals surface area contributed by atoms with E-state index in [2.05, 4.69) is 0 Å². The fourth-order valence-electron chi connectivity index (χ4n) is 2.06. The predicted molar refractivity (Wildman–Crippen MR) is 87.9 cm³/mol. The molecule has 0 spiro atoms. The number of rotatable bonds is 5. The molecule has 0 radical (unpaired) electrons. The first-order valence-corrected chi connectivity index (χ1v) is 7.15. The van der Waals surface area contributed by atoms with Crippen molar-refractivity contribution in [1.82, 2.24) is 0 Å². The third-order valence-electron chi connectivity index (χ3n) is 3.46. The number of nitro groups is 1. The highest BCUT2D eigenvalue weighted by Gasteiger charge is 2.23. The Kier molecular flexibility index (Phi) is 4.93. The zero-order valence-corrected chi connectivity index (χ0v) is 13.2. The Labute approximate surface area is 138 Å². The fourth-order valence-corrected chi connectivity index (χ4v) is 2.06. The first-order valence-electron chi connectivity index (χ1n) is 7.15. The van der Waals surface area contributed by atoms with Gasteiger partial charge in [0, 0.05) is 23.4 Å². The number of hydrogen-bond acceptors (Lipinski definition) is 6. The highest BCUT2D eigenvalue weighted by atomic mass is 16.6. The van der Waals surface area contributed by atoms with Gasteiger partial charge in [-0.2, -0.15) is 0 Å². The quantitative estimate of drug-likeness (QED) is 0.297. The lowest BCUT2D eigenvalue weighted by atomic mass is 10.1. The van der Waals surface area contributed by atoms with Crippen LogP contribution >= 0.6 is 0 Å². The summed E-state index contributed by atoms with van der Waals surface area (Å²) in [4.78, 5) is 34.6. The molecular formula is C17H16N2O5. The van der Waals surface area contributed by atoms with Gasteiger partial charge in [-0.3, -0.25) is 14.9 Å². The Morgan fingerprint density at radius 3 is 2.38 bits per heavy atom. The third-order valence-corrected chi connectivity index (χ3v) is 3.46. The Bertz CT molecular complexity index is 799. The van der Waals surface area contributed by atoms with E-state index < -0.39 is 17.0 Å². The summed E-state index contributed by atoms with van der Waals surface area (Å²) in [6, 6.07) is 10.3. The van der Waals surface area contributed by atoms with Gasteiger partial charge in [-0.1, -0.05) is 29.8 Å². The maximum atomic E-state index is 12.3. The normalized spacial score (nSPS) is 11.6. The Hall–Kier alpha value is -3.22. The Morgan fingerprint density at radius 1 is 1.17 bits per heavy atom. The topological polar surface area (TPSA) is 113 Å². The van der Waals surface area contributed by atoms with Gasteiger partial charge in [0.25, 0.3) is 5.69 Å². The molecule has 0 aliphatic carbocycles. The number of non-ortho nitro benzene ring substituents is 1. The molecule has 7 heteroatoms. The molecule has 0 saturated heterocycles. The molecule has 2 aromatic rings. The van der Waals surface area contributed by atoms with Crippen molar-refractivity contribution in [1.29, 1.82) is 0 Å². The maximum absolute atomic E-state index is 12.3. The van der Waals surface area contributed by atoms with Crippen LogP contribution in [0.3, 0.4) is 0 Å². The second-order valence-corrected chi connectivity index (χ2v) is 5.31. The minimum absolute atomic E-state index is 0.0422. The van der Waals surface area contributed by atoms with Crippen molar-refractivity contribution < 1.29 is 19.2 Å². The van der Waals surface area contributed by atoms with Gasteiger partial charge in [0.05, 0.1) is 10.5 Å². The van der Waals surface area contributed by atoms with Gasteiger partial charge in [0.15, 0.2) is 6.10 Å². The minimum atomic E-state index is -1.04. The van der Waals surface area contributed by atoms with Crippen LogP contribution in [0.15, 0.2) is 42.5 Å². The summed E-state index contributed by atoms with van der Waals surface area (Å²) < 4.78 is 5.11. The molecule has 1 atom stereocenters. The molecule has 0 amide bonds. The van der Waals surface area contributed by atoms with E-state index >= 15 is 0 Å². The SMILES string of the molecule is Cc1ccc(C(=O)[C@H](C)OC(=O)c2cc([N+](=O)[O-])ccc2N)cc1. The molecule has 2 aromatic carbocycles. The van der Waals surface area contributed by atoms with Gasteiger partial charge in [-0.25, -0.2) is 4.79 Å². The van der Waals surface area contributed by atoms with Gasteiger partial charge in [-0.15, -0.1) is 0 Å². The second-order valence-electron chi connectivity index (χ2n) is 5.31. The number of anilines is 1. The zero-order chi connectivity index (χ0) is 17.9. The van der Waals surface area contributed by atoms with Crippen LogP contribution in [-0.2, 0) is 4.74 Å². The third kappa shape index (κ3) is 3.75. The summed E-state index contributed by atoms with van der Waals surface area (Å²) in [6.07, 6.45) is -1.04. The van der Waals surface area contributed by atoms with E-state index in [9.17, 15) is 19.7 Å². The molecule has 124 valence electrons. The van der Waals surface area contributed by atoms with E-state index in [-0.39, 0.29) is 22.7 Å². The number of nitrogens with zero attached hydrogens (tertiary/aromatic N) is 1. The molecule has 0 bridgehead atoms. The lowest BCUT2D eigenvalue weighted by Gasteiger charge is -2.13. The minimum Gasteiger partial charge on any atom is -0.451 e. The molecule has 2 N–H and O–H groups in total. The number of nitrogen functional groups attached to an aromatic ring is 1. The van der Waals surface area contributed by atoms with Crippen molar-refractivity contribution in [2.75, 3.05) is 5.73 Å². The number of benzene rings is 2. The molecule has 24 heavy (non-hydrogen) atoms. The van der Waals surface area contributed by atoms with Crippen LogP contribution < -0.4 is 5.73 Å². The molecule has 0 heterocycles. The molecule has 0 aliphatic rings. The van der Waals surface area contributed by atoms with Gasteiger partial charge in [-0.05, 0) is 19.9 Å². The van der Waals surface area contributed by atoms with Gasteiger partial charge >= 0.3 is 5.97 Å². The van der Waals surface area contributed by atoms with E-state index in [1.807, 2.05) is 6.92 Å². The fraction of sp³-hybridized carbons (Fsp3) is 0.176. The molecule has 7 nitrogen and oxygen atoms in total. The van der Waals surface area contributed by atoms with Crippen molar-refractivity contribution in [2.24, 2.45) is 0 Å². The van der Waals surface area contributed by atoms with E-state index in [1.54, 1.807) is 24.3 Å². The van der Waals surface area contributed by atoms with Crippen LogP contribution in [0.4, 0.5) is 11.4 Å². The number of nitrogens with two attached hydrogens (primary N) is 1. The second kappa shape index (κ2) is 6.91. The molecule has 0 aromatic heterocycles. The van der Waals surface area contributed by atoms with Crippen molar-refractivity contribution in [2.45, 2.75) is 20.0 Å². The van der Waals surface area contributed by atoms with E-state index in [1.165, 1.54) is 19.1 Å². The predicted octanol–water partition coefficient (Wildman–Crippen LogP) is 2.91. The summed E-state index contributed by atoms with van der Waals surface area (Å²) in [5.74, 6) is -1.25. The molecule has 0 aliphatic heterocycles. The van der Waals surface area contributed by atoms with Crippen LogP contribution in [-0.4, -0.2) is 22.8 Å². The number of aryl methyl sites for hydroxylation is 1. The maximum Gasteiger partial charge on any atom is 0.341 e. The van der Waals surface area contributed by atoms with Crippen molar-refractivity contribution >= 4 is 23.1 Å². The summed E-state index contributed by atoms with van der Waals surface area (Å²) in [5.41, 5.74) is 6.69. The Balaban J connectivity index is 2.17. The van der Waals surface area contributed by atoms with Crippen LogP contribution in [0.5, 0.6) is 0 Å². The molecule has 2 rings (SSSR count). The van der Waals surface area contributed by atoms with Crippen LogP contribution in [0.2, 0.25) is 0 Å². The van der Waals surface area contributed by atoms with Gasteiger partial charge in [0.1, 0.15) is 0 Å². The number of esters is 1. The number of carbonyl (C=O) groups is 2. The van der Waals surface area contributed by atoms with Crippen molar-refractivity contribution in [3.63, 3.8) is 0 Å². The van der Waals surface area contributed by atoms with Gasteiger partial charge in [0.2, 0.25) is 5.78 Å². The Morgan fingerprint density at radius 2 is 1.79 bits per heavy atom. The number of ketones is 1. The average Bonchev–Trinajstić information content (AvgIpc) is 2.54. The van der Waals surface area contributed by atoms with Gasteiger partial charge < -0.3 is 10.5 Å². The summed E-state index contributed by atoms with van der Waals surface area (Å²) in [5, 5.41) is 10.8. The molecular weight excluding hydrogens is 312 g/mol. The van der Waals surface area contributed by atoms with Crippen LogP contribution in [0, 0.1) is 17.0 Å². The number of hydrogen-bond donors (Lipinski definition) is 1. The van der Waals surface area contributed by atoms with Crippen LogP contribution in [0.1, 0.15) is 33.2 Å². The van der Waals surface area contributed by atoms with E-state index in [0.29, 0.717) is 5.56 Å². The number of Topliss-reactive ketones (excluding diaryl/α,β-unsaturated/α-hetero) is 1. The molecule has 0 unspecified atom stereocenters. The zero-order valence-electron chi connectivity index (χ0n) is 13.2. The number of ether oxygens (including phenoxy) is 1. The van der Waals surface area contributed by atoms with E-state index in [0.717, 1.165) is 11.6 Å². The monoisotopic (exact) mass is 328 g/mol. The highest BCUT2D eigenvalue weighted by Crippen LogP contribution is 2.21. The largest absolute Gasteiger partial charge is 0.451 e. The first-order chi connectivity index (χ1) is 11.3. The molecule has 0 saturated carbocycles. The lowest BCUT2D eigenvalue weighted by Crippen LogP contribution is -2.25. The summed E-state index contributed by atoms with van der Waals surface area (Å²) in [7, 11) is 0. The molecule has 0 fully saturated rings. The standard InChI is InChI=1S/C17H16N2O5/c1-10-3-5-12(6-4-10)16(20)11(2)24-17(21)14-9-13(19(22)23)7-8-15(14)18/h3-9,11H,18H2,1-2H3/t11-/m0/s1. The lowest BCUT2D eigenvalue weighted by molar-refractivity contribution is -0.384. The number of nitro benzene ring substituents is 1. The van der Waals surface area contributed by atoms with Crippen LogP contribution in [0.25, 0.3) is 0 Å². The first kappa shape index (κ1) is 17.1. The van der Waals surface area contributed by atoms with E-state index in [4.69, 9.17) is 10.5 Å². The number of carbonyl (C=O) groups excluding carboxylic acids is 2. The summed E-state index contributed by atoms with van der Waals surface area (Å²) >= 11 is 0. The highest BCUT2D eigenvalue weighted by molar-refractivity contribution is 6.02. The summed E-state index contributed by atoms with van der Waals surface area (Å²) in [6.45, 7) is 3.33. The average molecular weight is 328 g/mol. The van der Waals surface area contributed by atoms with Crippen molar-refractivity contribution in [3.05, 3.63) is 69.3 Å².